The molecule has 1 aliphatic rings. The van der Waals surface area contributed by atoms with Crippen LogP contribution in [0, 0.1) is 5.92 Å². The topological polar surface area (TPSA) is 79.1 Å². The number of fused-ring (bicyclic) bond motifs is 1. The van der Waals surface area contributed by atoms with E-state index in [4.69, 9.17) is 4.74 Å². The zero-order valence-corrected chi connectivity index (χ0v) is 25.1. The molecule has 1 heterocycles. The number of hydrogen-bond acceptors (Lipinski definition) is 5. The van der Waals surface area contributed by atoms with E-state index in [-0.39, 0.29) is 17.3 Å². The molecule has 222 valence electrons. The van der Waals surface area contributed by atoms with Crippen LogP contribution in [0.15, 0.2) is 71.7 Å². The molecule has 0 aromatic heterocycles. The fraction of sp³-hybridized carbons (Fsp3) is 0.405. The summed E-state index contributed by atoms with van der Waals surface area (Å²) < 4.78 is 5.99. The molecule has 42 heavy (non-hydrogen) atoms. The summed E-state index contributed by atoms with van der Waals surface area (Å²) in [5.74, 6) is 1.59. The van der Waals surface area contributed by atoms with Crippen LogP contribution < -0.4 is 15.3 Å². The first-order valence-electron chi connectivity index (χ1n) is 15.5. The minimum absolute atomic E-state index is 0.0812. The number of hydrogen-bond donors (Lipinski definition) is 2. The van der Waals surface area contributed by atoms with Crippen molar-refractivity contribution in [1.29, 1.82) is 0 Å². The lowest BCUT2D eigenvalue weighted by molar-refractivity contribution is -0.114. The number of aryl methyl sites for hydroxylation is 1. The van der Waals surface area contributed by atoms with Crippen molar-refractivity contribution in [3.63, 3.8) is 0 Å². The predicted octanol–water partition coefficient (Wildman–Crippen LogP) is 7.24. The van der Waals surface area contributed by atoms with E-state index in [2.05, 4.69) is 31.0 Å². The van der Waals surface area contributed by atoms with E-state index in [0.29, 0.717) is 38.2 Å². The summed E-state index contributed by atoms with van der Waals surface area (Å²) in [6, 6.07) is 16.8. The molecule has 0 radical (unpaired) electrons. The third-order valence-corrected chi connectivity index (χ3v) is 7.99. The highest BCUT2D eigenvalue weighted by molar-refractivity contribution is 5.89. The number of aromatic hydroxyl groups is 2. The van der Waals surface area contributed by atoms with E-state index < -0.39 is 0 Å². The number of phenols is 2. The van der Waals surface area contributed by atoms with E-state index >= 15 is 0 Å². The number of phenolic OH excluding ortho intramolecular Hbond substituents is 2. The Labute approximate surface area is 250 Å². The summed E-state index contributed by atoms with van der Waals surface area (Å²) in [6.45, 7) is 5.63. The molecule has 3 aromatic rings. The van der Waals surface area contributed by atoms with E-state index in [1.165, 1.54) is 32.1 Å². The van der Waals surface area contributed by atoms with Crippen molar-refractivity contribution in [2.75, 3.05) is 13.2 Å². The second kappa shape index (κ2) is 16.0. The summed E-state index contributed by atoms with van der Waals surface area (Å²) in [5, 5.41) is 22.6. The van der Waals surface area contributed by atoms with Gasteiger partial charge in [-0.2, -0.15) is 0 Å². The van der Waals surface area contributed by atoms with Gasteiger partial charge in [0, 0.05) is 12.8 Å². The SMILES string of the molecule is CCCCCC(C)CCCC=CC(=O)CCc1ccc(O)c(OCCc2ccc(O)cc2-c2ccc3c(c2)=CCN=3)c1. The zero-order valence-electron chi connectivity index (χ0n) is 25.1. The van der Waals surface area contributed by atoms with Crippen molar-refractivity contribution < 1.29 is 19.7 Å². The Morgan fingerprint density at radius 1 is 1.00 bits per heavy atom. The van der Waals surface area contributed by atoms with Crippen LogP contribution in [0.3, 0.4) is 0 Å². The summed E-state index contributed by atoms with van der Waals surface area (Å²) in [4.78, 5) is 16.9. The molecular formula is C37H45NO4. The highest BCUT2D eigenvalue weighted by Crippen LogP contribution is 2.30. The van der Waals surface area contributed by atoms with Gasteiger partial charge >= 0.3 is 0 Å². The maximum absolute atomic E-state index is 12.4. The second-order valence-electron chi connectivity index (χ2n) is 11.5. The van der Waals surface area contributed by atoms with E-state index in [9.17, 15) is 15.0 Å². The van der Waals surface area contributed by atoms with Crippen LogP contribution in [0.4, 0.5) is 0 Å². The highest BCUT2D eigenvalue weighted by atomic mass is 16.5. The third-order valence-electron chi connectivity index (χ3n) is 7.99. The molecule has 4 rings (SSSR count). The Kier molecular flexibility index (Phi) is 11.8. The van der Waals surface area contributed by atoms with Gasteiger partial charge in [0.1, 0.15) is 5.75 Å². The number of nitrogens with zero attached hydrogens (tertiary/aromatic N) is 1. The average molecular weight is 568 g/mol. The molecule has 0 bridgehead atoms. The van der Waals surface area contributed by atoms with Gasteiger partial charge in [0.2, 0.25) is 0 Å². The molecular weight excluding hydrogens is 522 g/mol. The molecule has 0 fully saturated rings. The fourth-order valence-electron chi connectivity index (χ4n) is 5.46. The second-order valence-corrected chi connectivity index (χ2v) is 11.5. The minimum Gasteiger partial charge on any atom is -0.508 e. The number of carbonyl (C=O) groups excluding carboxylic acids is 1. The van der Waals surface area contributed by atoms with Crippen LogP contribution in [0.1, 0.15) is 76.3 Å². The van der Waals surface area contributed by atoms with Crippen LogP contribution in [-0.4, -0.2) is 29.1 Å². The number of rotatable bonds is 17. The van der Waals surface area contributed by atoms with Crippen LogP contribution in [0.5, 0.6) is 17.2 Å². The lowest BCUT2D eigenvalue weighted by atomic mass is 9.97. The van der Waals surface area contributed by atoms with Crippen LogP contribution >= 0.6 is 0 Å². The summed E-state index contributed by atoms with van der Waals surface area (Å²) in [5.41, 5.74) is 3.97. The number of ketones is 1. The van der Waals surface area contributed by atoms with Crippen molar-refractivity contribution in [3.8, 4) is 28.4 Å². The molecule has 0 saturated carbocycles. The Bertz CT molecular complexity index is 1490. The van der Waals surface area contributed by atoms with Crippen LogP contribution in [-0.2, 0) is 17.6 Å². The van der Waals surface area contributed by atoms with Crippen molar-refractivity contribution in [2.24, 2.45) is 10.9 Å². The van der Waals surface area contributed by atoms with Crippen molar-refractivity contribution in [1.82, 2.24) is 0 Å². The molecule has 1 atom stereocenters. The normalized spacial score (nSPS) is 13.0. The number of ether oxygens (including phenoxy) is 1. The monoisotopic (exact) mass is 567 g/mol. The van der Waals surface area contributed by atoms with E-state index in [1.807, 2.05) is 36.4 Å². The first kappa shape index (κ1) is 31.1. The van der Waals surface area contributed by atoms with Gasteiger partial charge in [0.25, 0.3) is 0 Å². The molecule has 0 spiro atoms. The largest absolute Gasteiger partial charge is 0.508 e. The van der Waals surface area contributed by atoms with Gasteiger partial charge in [-0.1, -0.05) is 76.3 Å². The van der Waals surface area contributed by atoms with Crippen LogP contribution in [0.25, 0.3) is 17.2 Å². The zero-order chi connectivity index (χ0) is 29.7. The first-order valence-corrected chi connectivity index (χ1v) is 15.5. The Hall–Kier alpha value is -3.86. The fourth-order valence-corrected chi connectivity index (χ4v) is 5.46. The van der Waals surface area contributed by atoms with E-state index in [1.54, 1.807) is 24.3 Å². The molecule has 0 amide bonds. The molecule has 5 nitrogen and oxygen atoms in total. The molecule has 0 aliphatic carbocycles. The van der Waals surface area contributed by atoms with Gasteiger partial charge in [-0.15, -0.1) is 0 Å². The maximum atomic E-state index is 12.4. The summed E-state index contributed by atoms with van der Waals surface area (Å²) in [7, 11) is 0. The van der Waals surface area contributed by atoms with Crippen molar-refractivity contribution in [3.05, 3.63) is 88.5 Å². The van der Waals surface area contributed by atoms with Gasteiger partial charge in [-0.25, -0.2) is 0 Å². The maximum Gasteiger partial charge on any atom is 0.161 e. The third kappa shape index (κ3) is 9.34. The van der Waals surface area contributed by atoms with Gasteiger partial charge in [-0.3, -0.25) is 9.79 Å². The summed E-state index contributed by atoms with van der Waals surface area (Å²) in [6.07, 6.45) is 16.0. The van der Waals surface area contributed by atoms with E-state index in [0.717, 1.165) is 51.6 Å². The highest BCUT2D eigenvalue weighted by Gasteiger charge is 2.11. The number of unbranched alkanes of at least 4 members (excludes halogenated alkanes) is 3. The van der Waals surface area contributed by atoms with Gasteiger partial charge in [-0.05, 0) is 95.1 Å². The number of carbonyl (C=O) groups is 1. The molecule has 0 saturated heterocycles. The summed E-state index contributed by atoms with van der Waals surface area (Å²) >= 11 is 0. The lowest BCUT2D eigenvalue weighted by Gasteiger charge is -2.13. The molecule has 1 unspecified atom stereocenters. The quantitative estimate of drug-likeness (QED) is 0.133. The first-order chi connectivity index (χ1) is 20.4. The average Bonchev–Trinajstić information content (AvgIpc) is 3.46. The van der Waals surface area contributed by atoms with Gasteiger partial charge < -0.3 is 14.9 Å². The van der Waals surface area contributed by atoms with Gasteiger partial charge in [0.05, 0.1) is 18.5 Å². The standard InChI is InChI=1S/C37H45NO4/c1-3-4-6-9-27(2)10-7-5-8-11-32(39)16-12-28-13-19-36(41)37(24-28)42-23-21-29-14-17-33(40)26-34(29)30-15-18-35-31(25-30)20-22-38-35/h8,11,13-15,17-20,24-27,40-41H,3-7,9-10,12,16,21-23H2,1-2H3. The van der Waals surface area contributed by atoms with Crippen molar-refractivity contribution >= 4 is 11.9 Å². The Balaban J connectivity index is 1.26. The molecule has 1 aliphatic heterocycles. The molecule has 3 aromatic carbocycles. The van der Waals surface area contributed by atoms with Crippen LogP contribution in [0.2, 0.25) is 0 Å². The predicted molar refractivity (Wildman–Crippen MR) is 171 cm³/mol. The molecule has 5 heteroatoms. The minimum atomic E-state index is 0.0812. The van der Waals surface area contributed by atoms with Gasteiger partial charge in [0.15, 0.2) is 17.3 Å². The molecule has 2 N–H and O–H groups in total. The number of benzene rings is 3. The van der Waals surface area contributed by atoms with Crippen molar-refractivity contribution in [2.45, 2.75) is 78.1 Å². The number of allylic oxidation sites excluding steroid dienone is 2. The lowest BCUT2D eigenvalue weighted by Crippen LogP contribution is -2.20. The Morgan fingerprint density at radius 2 is 1.86 bits per heavy atom. The smallest absolute Gasteiger partial charge is 0.161 e. The Morgan fingerprint density at radius 3 is 2.71 bits per heavy atom.